The van der Waals surface area contributed by atoms with E-state index in [0.717, 1.165) is 11.5 Å². The first-order valence-electron chi connectivity index (χ1n) is 7.99. The summed E-state index contributed by atoms with van der Waals surface area (Å²) >= 11 is 1.82. The number of piperazine rings is 1. The highest BCUT2D eigenvalue weighted by molar-refractivity contribution is 7.99. The molecule has 21 heavy (non-hydrogen) atoms. The molecule has 4 nitrogen and oxygen atoms in total. The first kappa shape index (κ1) is 18.3. The number of nitrogens with one attached hydrogen (secondary N) is 1. The Morgan fingerprint density at radius 2 is 1.81 bits per heavy atom. The van der Waals surface area contributed by atoms with E-state index in [-0.39, 0.29) is 35.9 Å². The van der Waals surface area contributed by atoms with Crippen LogP contribution in [0.2, 0.25) is 0 Å². The highest BCUT2D eigenvalue weighted by atomic mass is 32.2. The smallest absolute Gasteiger partial charge is 0.246 e. The summed E-state index contributed by atoms with van der Waals surface area (Å²) in [5.74, 6) is 2.52. The molecule has 1 fully saturated rings. The summed E-state index contributed by atoms with van der Waals surface area (Å²) in [5, 5.41) is 2.93. The fourth-order valence-electron chi connectivity index (χ4n) is 2.88. The van der Waals surface area contributed by atoms with E-state index in [2.05, 4.69) is 33.0 Å². The molecule has 0 spiro atoms. The molecular weight excluding hydrogens is 284 g/mol. The van der Waals surface area contributed by atoms with Gasteiger partial charge in [-0.15, -0.1) is 0 Å². The van der Waals surface area contributed by atoms with Crippen LogP contribution in [0, 0.1) is 11.8 Å². The summed E-state index contributed by atoms with van der Waals surface area (Å²) in [6.45, 7) is 12.3. The maximum atomic E-state index is 12.8. The molecule has 0 saturated carbocycles. The van der Waals surface area contributed by atoms with E-state index in [1.165, 1.54) is 0 Å². The van der Waals surface area contributed by atoms with Crippen molar-refractivity contribution in [1.82, 2.24) is 10.2 Å². The van der Waals surface area contributed by atoms with Crippen LogP contribution in [0.1, 0.15) is 48.0 Å². The summed E-state index contributed by atoms with van der Waals surface area (Å²) in [7, 11) is 0. The van der Waals surface area contributed by atoms with E-state index in [0.29, 0.717) is 12.3 Å². The third-order valence-electron chi connectivity index (χ3n) is 3.81. The summed E-state index contributed by atoms with van der Waals surface area (Å²) in [5.41, 5.74) is 0. The van der Waals surface area contributed by atoms with E-state index in [4.69, 9.17) is 0 Å². The lowest BCUT2D eigenvalue weighted by Crippen LogP contribution is -2.67. The lowest BCUT2D eigenvalue weighted by atomic mass is 9.92. The molecule has 0 radical (unpaired) electrons. The second kappa shape index (κ2) is 8.06. The summed E-state index contributed by atoms with van der Waals surface area (Å²) in [6.07, 6.45) is 0.708. The third kappa shape index (κ3) is 4.63. The predicted molar refractivity (Wildman–Crippen MR) is 89.3 cm³/mol. The van der Waals surface area contributed by atoms with Crippen molar-refractivity contribution in [2.75, 3.05) is 11.5 Å². The minimum atomic E-state index is -0.360. The Morgan fingerprint density at radius 1 is 1.19 bits per heavy atom. The molecule has 5 heteroatoms. The van der Waals surface area contributed by atoms with Crippen LogP contribution in [-0.2, 0) is 9.59 Å². The Bertz CT molecular complexity index is 371. The van der Waals surface area contributed by atoms with Gasteiger partial charge in [0, 0.05) is 11.8 Å². The van der Waals surface area contributed by atoms with Gasteiger partial charge < -0.3 is 10.2 Å². The highest BCUT2D eigenvalue weighted by Gasteiger charge is 2.43. The van der Waals surface area contributed by atoms with Gasteiger partial charge in [-0.25, -0.2) is 0 Å². The molecule has 0 bridgehead atoms. The first-order valence-corrected chi connectivity index (χ1v) is 9.15. The lowest BCUT2D eigenvalue weighted by molar-refractivity contribution is -0.153. The van der Waals surface area contributed by atoms with Gasteiger partial charge in [0.2, 0.25) is 11.8 Å². The molecule has 1 rings (SSSR count). The number of hydrogen-bond donors (Lipinski definition) is 1. The van der Waals surface area contributed by atoms with E-state index < -0.39 is 0 Å². The SMILES string of the molecule is CCSCC(C)N1C(=O)C(CC(C)C)NC(=O)C1C(C)C. The van der Waals surface area contributed by atoms with E-state index >= 15 is 0 Å². The number of amides is 2. The first-order chi connectivity index (χ1) is 9.79. The summed E-state index contributed by atoms with van der Waals surface area (Å²) in [6, 6.07) is -0.606. The molecule has 1 aliphatic rings. The molecule has 0 aromatic heterocycles. The normalized spacial score (nSPS) is 24.7. The zero-order valence-corrected chi connectivity index (χ0v) is 15.0. The number of rotatable bonds is 7. The zero-order valence-electron chi connectivity index (χ0n) is 14.2. The Kier molecular flexibility index (Phi) is 7.04. The molecule has 1 N–H and O–H groups in total. The van der Waals surface area contributed by atoms with Crippen molar-refractivity contribution in [3.8, 4) is 0 Å². The van der Waals surface area contributed by atoms with Gasteiger partial charge in [-0.1, -0.05) is 34.6 Å². The predicted octanol–water partition coefficient (Wildman–Crippen LogP) is 2.53. The Balaban J connectivity index is 2.97. The zero-order chi connectivity index (χ0) is 16.2. The quantitative estimate of drug-likeness (QED) is 0.785. The van der Waals surface area contributed by atoms with Crippen molar-refractivity contribution in [2.45, 2.75) is 66.1 Å². The van der Waals surface area contributed by atoms with Crippen LogP contribution in [-0.4, -0.2) is 46.3 Å². The molecule has 1 saturated heterocycles. The van der Waals surface area contributed by atoms with E-state index in [1.54, 1.807) is 0 Å². The molecule has 3 unspecified atom stereocenters. The molecule has 0 aliphatic carbocycles. The molecule has 2 amide bonds. The third-order valence-corrected chi connectivity index (χ3v) is 4.94. The molecule has 1 heterocycles. The topological polar surface area (TPSA) is 49.4 Å². The van der Waals surface area contributed by atoms with Crippen LogP contribution < -0.4 is 5.32 Å². The van der Waals surface area contributed by atoms with Crippen molar-refractivity contribution < 1.29 is 9.59 Å². The minimum absolute atomic E-state index is 0.00333. The Hall–Kier alpha value is -0.710. The van der Waals surface area contributed by atoms with Crippen LogP contribution in [0.25, 0.3) is 0 Å². The van der Waals surface area contributed by atoms with Gasteiger partial charge in [-0.05, 0) is 30.9 Å². The number of carbonyl (C=O) groups is 2. The largest absolute Gasteiger partial charge is 0.342 e. The fourth-order valence-corrected chi connectivity index (χ4v) is 3.61. The minimum Gasteiger partial charge on any atom is -0.342 e. The number of hydrogen-bond acceptors (Lipinski definition) is 3. The van der Waals surface area contributed by atoms with Crippen LogP contribution in [0.15, 0.2) is 0 Å². The summed E-state index contributed by atoms with van der Waals surface area (Å²) in [4.78, 5) is 27.1. The lowest BCUT2D eigenvalue weighted by Gasteiger charge is -2.44. The average Bonchev–Trinajstić information content (AvgIpc) is 2.38. The Morgan fingerprint density at radius 3 is 2.29 bits per heavy atom. The van der Waals surface area contributed by atoms with Crippen LogP contribution in [0.5, 0.6) is 0 Å². The van der Waals surface area contributed by atoms with Gasteiger partial charge in [0.05, 0.1) is 0 Å². The molecule has 0 aromatic rings. The van der Waals surface area contributed by atoms with Crippen molar-refractivity contribution in [2.24, 2.45) is 11.8 Å². The maximum absolute atomic E-state index is 12.8. The fraction of sp³-hybridized carbons (Fsp3) is 0.875. The van der Waals surface area contributed by atoms with Gasteiger partial charge in [-0.2, -0.15) is 11.8 Å². The summed E-state index contributed by atoms with van der Waals surface area (Å²) < 4.78 is 0. The van der Waals surface area contributed by atoms with Gasteiger partial charge in [0.1, 0.15) is 12.1 Å². The van der Waals surface area contributed by atoms with Crippen LogP contribution in [0.3, 0.4) is 0 Å². The van der Waals surface area contributed by atoms with Gasteiger partial charge in [0.25, 0.3) is 0 Å². The molecule has 1 aliphatic heterocycles. The van der Waals surface area contributed by atoms with Crippen LogP contribution >= 0.6 is 11.8 Å². The van der Waals surface area contributed by atoms with Gasteiger partial charge in [-0.3, -0.25) is 9.59 Å². The number of thioether (sulfide) groups is 1. The maximum Gasteiger partial charge on any atom is 0.246 e. The van der Waals surface area contributed by atoms with Crippen molar-refractivity contribution in [3.63, 3.8) is 0 Å². The molecular formula is C16H30N2O2S. The van der Waals surface area contributed by atoms with Gasteiger partial charge >= 0.3 is 0 Å². The second-order valence-electron chi connectivity index (χ2n) is 6.63. The van der Waals surface area contributed by atoms with E-state index in [1.807, 2.05) is 30.5 Å². The van der Waals surface area contributed by atoms with E-state index in [9.17, 15) is 9.59 Å². The van der Waals surface area contributed by atoms with Crippen molar-refractivity contribution in [1.29, 1.82) is 0 Å². The molecule has 3 atom stereocenters. The highest BCUT2D eigenvalue weighted by Crippen LogP contribution is 2.24. The number of carbonyl (C=O) groups excluding carboxylic acids is 2. The molecule has 122 valence electrons. The van der Waals surface area contributed by atoms with Crippen molar-refractivity contribution in [3.05, 3.63) is 0 Å². The van der Waals surface area contributed by atoms with Crippen LogP contribution in [0.4, 0.5) is 0 Å². The number of nitrogens with zero attached hydrogens (tertiary/aromatic N) is 1. The second-order valence-corrected chi connectivity index (χ2v) is 7.95. The Labute approximate surface area is 133 Å². The average molecular weight is 314 g/mol. The molecule has 0 aromatic carbocycles. The van der Waals surface area contributed by atoms with Crippen molar-refractivity contribution >= 4 is 23.6 Å². The standard InChI is InChI=1S/C16H30N2O2S/c1-7-21-9-12(6)18-14(11(4)5)15(19)17-13(16(18)20)8-10(2)3/h10-14H,7-9H2,1-6H3,(H,17,19). The monoisotopic (exact) mass is 314 g/mol. The van der Waals surface area contributed by atoms with Gasteiger partial charge in [0.15, 0.2) is 0 Å².